The first kappa shape index (κ1) is 18.0. The maximum Gasteiger partial charge on any atom is 0.322 e. The number of nitrogens with zero attached hydrogens (tertiary/aromatic N) is 2. The predicted octanol–water partition coefficient (Wildman–Crippen LogP) is 2.28. The lowest BCUT2D eigenvalue weighted by Gasteiger charge is -2.35. The molecular formula is C19H24N4O3. The normalized spacial score (nSPS) is 16.8. The molecule has 2 aromatic rings. The summed E-state index contributed by atoms with van der Waals surface area (Å²) in [6.45, 7) is 4.42. The molecule has 138 valence electrons. The zero-order valence-electron chi connectivity index (χ0n) is 15.1. The van der Waals surface area contributed by atoms with E-state index in [9.17, 15) is 4.79 Å². The summed E-state index contributed by atoms with van der Waals surface area (Å²) in [5, 5.41) is 6.24. The highest BCUT2D eigenvalue weighted by atomic mass is 16.5. The summed E-state index contributed by atoms with van der Waals surface area (Å²) in [6.07, 6.45) is 1.70. The third-order valence-corrected chi connectivity index (χ3v) is 4.28. The average molecular weight is 356 g/mol. The van der Waals surface area contributed by atoms with E-state index in [-0.39, 0.29) is 12.1 Å². The van der Waals surface area contributed by atoms with Crippen molar-refractivity contribution in [3.05, 3.63) is 48.3 Å². The van der Waals surface area contributed by atoms with Gasteiger partial charge in [0, 0.05) is 31.0 Å². The second-order valence-electron chi connectivity index (χ2n) is 6.16. The van der Waals surface area contributed by atoms with E-state index in [1.165, 1.54) is 0 Å². The molecule has 0 spiro atoms. The quantitative estimate of drug-likeness (QED) is 0.860. The molecule has 0 radical (unpaired) electrons. The highest BCUT2D eigenvalue weighted by Gasteiger charge is 2.27. The number of rotatable bonds is 5. The van der Waals surface area contributed by atoms with Crippen LogP contribution in [0.2, 0.25) is 0 Å². The Kier molecular flexibility index (Phi) is 5.91. The zero-order valence-corrected chi connectivity index (χ0v) is 15.1. The van der Waals surface area contributed by atoms with Crippen LogP contribution in [0.4, 0.5) is 10.5 Å². The van der Waals surface area contributed by atoms with Gasteiger partial charge in [0.05, 0.1) is 19.3 Å². The number of aromatic nitrogens is 1. The Morgan fingerprint density at radius 2 is 2.04 bits per heavy atom. The van der Waals surface area contributed by atoms with Crippen LogP contribution < -0.4 is 20.1 Å². The number of hydrogen-bond donors (Lipinski definition) is 2. The molecule has 1 aromatic heterocycles. The standard InChI is InChI=1S/C19H24N4O3/c1-14-3-6-18(12-21-14)26-13-16-11-20-9-10-23(16)19(24)22-15-4-7-17(25-2)8-5-15/h3-8,12,16,20H,9-11,13H2,1-2H3,(H,22,24). The van der Waals surface area contributed by atoms with E-state index in [4.69, 9.17) is 9.47 Å². The number of piperazine rings is 1. The number of ether oxygens (including phenoxy) is 2. The Hall–Kier alpha value is -2.80. The number of amides is 2. The van der Waals surface area contributed by atoms with Crippen molar-refractivity contribution in [1.82, 2.24) is 15.2 Å². The number of nitrogens with one attached hydrogen (secondary N) is 2. The van der Waals surface area contributed by atoms with Gasteiger partial charge in [-0.3, -0.25) is 4.98 Å². The zero-order chi connectivity index (χ0) is 18.4. The van der Waals surface area contributed by atoms with Gasteiger partial charge >= 0.3 is 6.03 Å². The lowest BCUT2D eigenvalue weighted by atomic mass is 10.2. The maximum atomic E-state index is 12.7. The van der Waals surface area contributed by atoms with Gasteiger partial charge in [-0.25, -0.2) is 4.79 Å². The van der Waals surface area contributed by atoms with Gasteiger partial charge in [0.2, 0.25) is 0 Å². The van der Waals surface area contributed by atoms with E-state index in [1.54, 1.807) is 13.3 Å². The van der Waals surface area contributed by atoms with Crippen molar-refractivity contribution in [2.75, 3.05) is 38.7 Å². The Balaban J connectivity index is 1.59. The van der Waals surface area contributed by atoms with Gasteiger partial charge in [-0.05, 0) is 43.3 Å². The minimum Gasteiger partial charge on any atom is -0.497 e. The molecule has 1 aromatic carbocycles. The van der Waals surface area contributed by atoms with E-state index >= 15 is 0 Å². The van der Waals surface area contributed by atoms with Crippen LogP contribution in [0.15, 0.2) is 42.6 Å². The van der Waals surface area contributed by atoms with E-state index in [0.29, 0.717) is 25.4 Å². The van der Waals surface area contributed by atoms with Gasteiger partial charge in [0.1, 0.15) is 18.1 Å². The monoisotopic (exact) mass is 356 g/mol. The molecule has 7 nitrogen and oxygen atoms in total. The molecule has 0 aliphatic carbocycles. The fourth-order valence-corrected chi connectivity index (χ4v) is 2.78. The van der Waals surface area contributed by atoms with Gasteiger partial charge in [-0.15, -0.1) is 0 Å². The van der Waals surface area contributed by atoms with Crippen molar-refractivity contribution in [1.29, 1.82) is 0 Å². The van der Waals surface area contributed by atoms with E-state index < -0.39 is 0 Å². The molecule has 0 saturated carbocycles. The second kappa shape index (κ2) is 8.53. The van der Waals surface area contributed by atoms with Crippen molar-refractivity contribution in [3.63, 3.8) is 0 Å². The number of hydrogen-bond acceptors (Lipinski definition) is 5. The van der Waals surface area contributed by atoms with Crippen molar-refractivity contribution >= 4 is 11.7 Å². The maximum absolute atomic E-state index is 12.7. The van der Waals surface area contributed by atoms with Crippen LogP contribution in [-0.2, 0) is 0 Å². The highest BCUT2D eigenvalue weighted by Crippen LogP contribution is 2.17. The number of benzene rings is 1. The summed E-state index contributed by atoms with van der Waals surface area (Å²) in [4.78, 5) is 18.7. The first-order valence-corrected chi connectivity index (χ1v) is 8.63. The molecule has 7 heteroatoms. The van der Waals surface area contributed by atoms with Gasteiger partial charge in [-0.2, -0.15) is 0 Å². The fraction of sp³-hybridized carbons (Fsp3) is 0.368. The molecule has 1 unspecified atom stereocenters. The number of aryl methyl sites for hydroxylation is 1. The topological polar surface area (TPSA) is 75.7 Å². The molecule has 2 amide bonds. The molecule has 2 N–H and O–H groups in total. The van der Waals surface area contributed by atoms with Crippen LogP contribution in [0.5, 0.6) is 11.5 Å². The second-order valence-corrected chi connectivity index (χ2v) is 6.16. The summed E-state index contributed by atoms with van der Waals surface area (Å²) in [6, 6.07) is 10.9. The molecule has 3 rings (SSSR count). The number of carbonyl (C=O) groups excluding carboxylic acids is 1. The molecule has 1 atom stereocenters. The average Bonchev–Trinajstić information content (AvgIpc) is 2.68. The molecule has 1 saturated heterocycles. The van der Waals surface area contributed by atoms with Crippen LogP contribution >= 0.6 is 0 Å². The van der Waals surface area contributed by atoms with Gasteiger partial charge < -0.3 is 25.0 Å². The van der Waals surface area contributed by atoms with Gasteiger partial charge in [-0.1, -0.05) is 0 Å². The molecule has 26 heavy (non-hydrogen) atoms. The number of anilines is 1. The molecule has 1 aliphatic heterocycles. The Labute approximate surface area is 153 Å². The summed E-state index contributed by atoms with van der Waals surface area (Å²) in [5.74, 6) is 1.46. The van der Waals surface area contributed by atoms with Crippen molar-refractivity contribution < 1.29 is 14.3 Å². The number of pyridine rings is 1. The minimum absolute atomic E-state index is 0.0525. The Bertz CT molecular complexity index is 719. The number of methoxy groups -OCH3 is 1. The Morgan fingerprint density at radius 3 is 2.73 bits per heavy atom. The molecule has 2 heterocycles. The molecule has 0 bridgehead atoms. The highest BCUT2D eigenvalue weighted by molar-refractivity contribution is 5.89. The summed E-state index contributed by atoms with van der Waals surface area (Å²) in [7, 11) is 1.61. The smallest absolute Gasteiger partial charge is 0.322 e. The van der Waals surface area contributed by atoms with Crippen molar-refractivity contribution in [2.24, 2.45) is 0 Å². The largest absolute Gasteiger partial charge is 0.497 e. The lowest BCUT2D eigenvalue weighted by Crippen LogP contribution is -2.57. The van der Waals surface area contributed by atoms with Gasteiger partial charge in [0.15, 0.2) is 0 Å². The van der Waals surface area contributed by atoms with Crippen LogP contribution in [0.3, 0.4) is 0 Å². The van der Waals surface area contributed by atoms with Gasteiger partial charge in [0.25, 0.3) is 0 Å². The first-order valence-electron chi connectivity index (χ1n) is 8.63. The van der Waals surface area contributed by atoms with Crippen molar-refractivity contribution in [2.45, 2.75) is 13.0 Å². The van der Waals surface area contributed by atoms with E-state index in [0.717, 1.165) is 23.7 Å². The summed E-state index contributed by atoms with van der Waals surface area (Å²) < 4.78 is 11.0. The van der Waals surface area contributed by atoms with Crippen LogP contribution in [0.25, 0.3) is 0 Å². The van der Waals surface area contributed by atoms with E-state index in [2.05, 4.69) is 15.6 Å². The molecule has 1 fully saturated rings. The Morgan fingerprint density at radius 1 is 1.27 bits per heavy atom. The van der Waals surface area contributed by atoms with Crippen LogP contribution in [0, 0.1) is 6.92 Å². The van der Waals surface area contributed by atoms with E-state index in [1.807, 2.05) is 48.2 Å². The third-order valence-electron chi connectivity index (χ3n) is 4.28. The fourth-order valence-electron chi connectivity index (χ4n) is 2.78. The first-order chi connectivity index (χ1) is 12.7. The van der Waals surface area contributed by atoms with Crippen LogP contribution in [0.1, 0.15) is 5.69 Å². The number of carbonyl (C=O) groups is 1. The third kappa shape index (κ3) is 4.64. The summed E-state index contributed by atoms with van der Waals surface area (Å²) in [5.41, 5.74) is 1.67. The van der Waals surface area contributed by atoms with Crippen molar-refractivity contribution in [3.8, 4) is 11.5 Å². The lowest BCUT2D eigenvalue weighted by molar-refractivity contribution is 0.133. The summed E-state index contributed by atoms with van der Waals surface area (Å²) >= 11 is 0. The predicted molar refractivity (Wildman–Crippen MR) is 99.8 cm³/mol. The molecule has 1 aliphatic rings. The SMILES string of the molecule is COc1ccc(NC(=O)N2CCNCC2COc2ccc(C)nc2)cc1. The minimum atomic E-state index is -0.132. The number of urea groups is 1. The van der Waals surface area contributed by atoms with Crippen LogP contribution in [-0.4, -0.2) is 55.3 Å². The molecular weight excluding hydrogens is 332 g/mol.